The van der Waals surface area contributed by atoms with Crippen LogP contribution in [0.1, 0.15) is 58.2 Å². The van der Waals surface area contributed by atoms with Gasteiger partial charge in [-0.25, -0.2) is 19.2 Å². The summed E-state index contributed by atoms with van der Waals surface area (Å²) in [7, 11) is 0. The third-order valence-corrected chi connectivity index (χ3v) is 5.98. The maximum Gasteiger partial charge on any atom is 0.336 e. The first-order valence-electron chi connectivity index (χ1n) is 11.6. The monoisotopic (exact) mass is 544 g/mol. The maximum atomic E-state index is 13.6. The molecule has 0 heterocycles. The van der Waals surface area contributed by atoms with Crippen LogP contribution in [0, 0.1) is 0 Å². The summed E-state index contributed by atoms with van der Waals surface area (Å²) in [6.45, 7) is 0. The third kappa shape index (κ3) is 5.58. The van der Waals surface area contributed by atoms with E-state index in [9.17, 15) is 44.4 Å². The van der Waals surface area contributed by atoms with Gasteiger partial charge in [-0.2, -0.15) is 0 Å². The average molecular weight is 544 g/mol. The van der Waals surface area contributed by atoms with Gasteiger partial charge in [-0.05, 0) is 54.6 Å². The lowest BCUT2D eigenvalue weighted by atomic mass is 9.86. The molecule has 4 N–H and O–H groups in total. The fourth-order valence-electron chi connectivity index (χ4n) is 4.05. The van der Waals surface area contributed by atoms with E-state index in [-0.39, 0.29) is 23.7 Å². The molecule has 0 aliphatic heterocycles. The van der Waals surface area contributed by atoms with Crippen LogP contribution in [0.25, 0.3) is 0 Å². The third-order valence-electron chi connectivity index (χ3n) is 5.98. The second-order valence-corrected chi connectivity index (χ2v) is 8.57. The molecule has 1 aliphatic carbocycles. The Bertz CT molecular complexity index is 1600. The van der Waals surface area contributed by atoms with Crippen molar-refractivity contribution in [3.8, 4) is 11.5 Å². The number of allylic oxidation sites excluding steroid dienone is 1. The van der Waals surface area contributed by atoms with Crippen LogP contribution in [0.3, 0.4) is 0 Å². The maximum absolute atomic E-state index is 13.6. The van der Waals surface area contributed by atoms with Crippen LogP contribution in [0.2, 0.25) is 0 Å². The van der Waals surface area contributed by atoms with Gasteiger partial charge in [0.2, 0.25) is 5.78 Å². The number of Topliss-reactive ketones (excluding diaryl/α,β-unsaturated/α-hetero) is 1. The topological polar surface area (TPSA) is 185 Å². The van der Waals surface area contributed by atoms with Crippen LogP contribution in [0.4, 0.5) is 0 Å². The standard InChI is InChI=1S/C29H20O11/c30-24(16-4-2-1-3-5-16)29(40-19-7-9-21(26(33)34)23(15-19)28(37)38)12-10-17(11-13-29)39-18-6-8-20(25(31)32)22(14-18)27(35)36/h1-12,14-15H,13H2,(H,31,32)(H,33,34)(H,35,36)(H,37,38). The Morgan fingerprint density at radius 3 is 1.68 bits per heavy atom. The number of carboxylic acid groups (broad SMARTS) is 4. The zero-order valence-electron chi connectivity index (χ0n) is 20.4. The number of carbonyl (C=O) groups excluding carboxylic acids is 1. The predicted molar refractivity (Wildman–Crippen MR) is 137 cm³/mol. The number of hydrogen-bond acceptors (Lipinski definition) is 7. The van der Waals surface area contributed by atoms with Gasteiger partial charge >= 0.3 is 23.9 Å². The molecule has 0 fully saturated rings. The van der Waals surface area contributed by atoms with Crippen LogP contribution in [0.5, 0.6) is 11.5 Å². The molecule has 0 saturated carbocycles. The summed E-state index contributed by atoms with van der Waals surface area (Å²) >= 11 is 0. The second-order valence-electron chi connectivity index (χ2n) is 8.57. The van der Waals surface area contributed by atoms with Crippen molar-refractivity contribution in [2.75, 3.05) is 0 Å². The fraction of sp³-hybridized carbons (Fsp3) is 0.0690. The highest BCUT2D eigenvalue weighted by Gasteiger charge is 2.40. The molecular formula is C29H20O11. The summed E-state index contributed by atoms with van der Waals surface area (Å²) in [4.78, 5) is 59.5. The molecule has 0 spiro atoms. The van der Waals surface area contributed by atoms with Crippen molar-refractivity contribution in [3.05, 3.63) is 119 Å². The zero-order valence-corrected chi connectivity index (χ0v) is 20.4. The minimum absolute atomic E-state index is 0.0384. The summed E-state index contributed by atoms with van der Waals surface area (Å²) in [6, 6.07) is 15.0. The molecule has 11 heteroatoms. The van der Waals surface area contributed by atoms with Gasteiger partial charge in [-0.1, -0.05) is 30.3 Å². The number of benzene rings is 3. The van der Waals surface area contributed by atoms with Crippen LogP contribution in [0.15, 0.2) is 90.7 Å². The van der Waals surface area contributed by atoms with Gasteiger partial charge in [-0.15, -0.1) is 0 Å². The lowest BCUT2D eigenvalue weighted by Gasteiger charge is -2.32. The second kappa shape index (κ2) is 11.0. The Labute approximate surface area is 225 Å². The molecule has 0 aromatic heterocycles. The Balaban J connectivity index is 1.67. The molecular weight excluding hydrogens is 524 g/mol. The van der Waals surface area contributed by atoms with Crippen molar-refractivity contribution >= 4 is 29.7 Å². The number of aromatic carboxylic acids is 4. The van der Waals surface area contributed by atoms with Gasteiger partial charge < -0.3 is 29.9 Å². The molecule has 0 saturated heterocycles. The number of rotatable bonds is 10. The van der Waals surface area contributed by atoms with Crippen molar-refractivity contribution in [1.82, 2.24) is 0 Å². The van der Waals surface area contributed by atoms with E-state index in [2.05, 4.69) is 0 Å². The SMILES string of the molecule is O=C(O)c1ccc(OC2=CCC(Oc3ccc(C(=O)O)c(C(=O)O)c3)(C(=O)c3ccccc3)C=C2)cc1C(=O)O. The van der Waals surface area contributed by atoms with Gasteiger partial charge in [0, 0.05) is 12.0 Å². The van der Waals surface area contributed by atoms with Gasteiger partial charge in [0.05, 0.1) is 22.3 Å². The number of carbonyl (C=O) groups is 5. The molecule has 3 aromatic carbocycles. The van der Waals surface area contributed by atoms with Gasteiger partial charge in [-0.3, -0.25) is 4.79 Å². The minimum Gasteiger partial charge on any atom is -0.478 e. The van der Waals surface area contributed by atoms with Gasteiger partial charge in [0.25, 0.3) is 0 Å². The number of carboxylic acids is 4. The van der Waals surface area contributed by atoms with E-state index < -0.39 is 57.5 Å². The molecule has 202 valence electrons. The molecule has 4 rings (SSSR count). The molecule has 0 amide bonds. The van der Waals surface area contributed by atoms with Crippen molar-refractivity contribution in [2.45, 2.75) is 12.0 Å². The molecule has 1 unspecified atom stereocenters. The normalized spacial score (nSPS) is 15.9. The van der Waals surface area contributed by atoms with E-state index in [4.69, 9.17) is 9.47 Å². The molecule has 40 heavy (non-hydrogen) atoms. The highest BCUT2D eigenvalue weighted by molar-refractivity contribution is 6.05. The van der Waals surface area contributed by atoms with Gasteiger partial charge in [0.15, 0.2) is 5.60 Å². The van der Waals surface area contributed by atoms with E-state index in [0.717, 1.165) is 24.3 Å². The van der Waals surface area contributed by atoms with Crippen molar-refractivity contribution in [3.63, 3.8) is 0 Å². The van der Waals surface area contributed by atoms with E-state index >= 15 is 0 Å². The van der Waals surface area contributed by atoms with Crippen LogP contribution < -0.4 is 9.47 Å². The average Bonchev–Trinajstić information content (AvgIpc) is 2.93. The largest absolute Gasteiger partial charge is 0.478 e. The highest BCUT2D eigenvalue weighted by atomic mass is 16.5. The predicted octanol–water partition coefficient (Wildman–Crippen LogP) is 4.40. The Morgan fingerprint density at radius 2 is 1.18 bits per heavy atom. The van der Waals surface area contributed by atoms with E-state index in [1.54, 1.807) is 30.3 Å². The summed E-state index contributed by atoms with van der Waals surface area (Å²) in [5, 5.41) is 37.3. The molecule has 11 nitrogen and oxygen atoms in total. The van der Waals surface area contributed by atoms with E-state index in [0.29, 0.717) is 5.56 Å². The summed E-state index contributed by atoms with van der Waals surface area (Å²) in [6.07, 6.45) is 4.19. The summed E-state index contributed by atoms with van der Waals surface area (Å²) in [5.74, 6) is -6.10. The van der Waals surface area contributed by atoms with E-state index in [1.165, 1.54) is 30.4 Å². The Morgan fingerprint density at radius 1 is 0.650 bits per heavy atom. The molecule has 0 bridgehead atoms. The fourth-order valence-corrected chi connectivity index (χ4v) is 4.05. The van der Waals surface area contributed by atoms with Crippen molar-refractivity contribution in [2.24, 2.45) is 0 Å². The molecule has 1 atom stereocenters. The summed E-state index contributed by atoms with van der Waals surface area (Å²) in [5.41, 5.74) is -3.24. The zero-order chi connectivity index (χ0) is 29.0. The lowest BCUT2D eigenvalue weighted by Crippen LogP contribution is -2.43. The first-order valence-corrected chi connectivity index (χ1v) is 11.6. The number of hydrogen-bond donors (Lipinski definition) is 4. The lowest BCUT2D eigenvalue weighted by molar-refractivity contribution is 0.0611. The molecule has 3 aromatic rings. The van der Waals surface area contributed by atoms with Crippen LogP contribution in [-0.4, -0.2) is 55.7 Å². The number of ketones is 1. The van der Waals surface area contributed by atoms with Crippen molar-refractivity contribution < 1.29 is 53.9 Å². The van der Waals surface area contributed by atoms with Crippen LogP contribution in [-0.2, 0) is 0 Å². The molecule has 1 aliphatic rings. The Kier molecular flexibility index (Phi) is 7.48. The number of ether oxygens (including phenoxy) is 2. The van der Waals surface area contributed by atoms with Gasteiger partial charge in [0.1, 0.15) is 17.3 Å². The van der Waals surface area contributed by atoms with Crippen LogP contribution >= 0.6 is 0 Å². The van der Waals surface area contributed by atoms with E-state index in [1.807, 2.05) is 0 Å². The first kappa shape index (κ1) is 27.3. The first-order chi connectivity index (χ1) is 19.0. The smallest absolute Gasteiger partial charge is 0.336 e. The van der Waals surface area contributed by atoms with Crippen molar-refractivity contribution in [1.29, 1.82) is 0 Å². The highest BCUT2D eigenvalue weighted by Crippen LogP contribution is 2.33. The molecule has 0 radical (unpaired) electrons. The minimum atomic E-state index is -1.67. The quantitative estimate of drug-likeness (QED) is 0.265. The Hall–Kier alpha value is -5.71. The summed E-state index contributed by atoms with van der Waals surface area (Å²) < 4.78 is 11.8.